The molecule has 0 radical (unpaired) electrons. The summed E-state index contributed by atoms with van der Waals surface area (Å²) >= 11 is 0. The van der Waals surface area contributed by atoms with E-state index < -0.39 is 0 Å². The zero-order valence-electron chi connectivity index (χ0n) is 7.30. The number of rotatable bonds is 0. The molecule has 2 heteroatoms. The number of nitrogens with zero attached hydrogens (tertiary/aromatic N) is 1. The molecular formula is C11H12N2. The Morgan fingerprint density at radius 1 is 0.615 bits per heavy atom. The van der Waals surface area contributed by atoms with E-state index in [4.69, 9.17) is 0 Å². The van der Waals surface area contributed by atoms with Gasteiger partial charge in [-0.2, -0.15) is 0 Å². The summed E-state index contributed by atoms with van der Waals surface area (Å²) < 4.78 is 0. The van der Waals surface area contributed by atoms with Crippen LogP contribution in [0.5, 0.6) is 0 Å². The lowest BCUT2D eigenvalue weighted by molar-refractivity contribution is 1.31. The molecule has 0 bridgehead atoms. The molecule has 66 valence electrons. The summed E-state index contributed by atoms with van der Waals surface area (Å²) in [4.78, 5) is 6.98. The van der Waals surface area contributed by atoms with Crippen LogP contribution in [0.25, 0.3) is 0 Å². The molecule has 0 amide bonds. The van der Waals surface area contributed by atoms with Gasteiger partial charge >= 0.3 is 0 Å². The summed E-state index contributed by atoms with van der Waals surface area (Å²) in [6.07, 6.45) is 7.11. The molecule has 1 heterocycles. The predicted octanol–water partition coefficient (Wildman–Crippen LogP) is 2.66. The summed E-state index contributed by atoms with van der Waals surface area (Å²) in [7, 11) is 0. The first-order chi connectivity index (χ1) is 6.50. The Hall–Kier alpha value is -1.83. The van der Waals surface area contributed by atoms with Gasteiger partial charge in [0.25, 0.3) is 0 Å². The average Bonchev–Trinajstić information content (AvgIpc) is 2.18. The van der Waals surface area contributed by atoms with E-state index in [0.717, 1.165) is 0 Å². The van der Waals surface area contributed by atoms with E-state index in [0.29, 0.717) is 0 Å². The maximum Gasteiger partial charge on any atom is 0.0282 e. The van der Waals surface area contributed by atoms with Crippen LogP contribution < -0.4 is 0 Å². The van der Waals surface area contributed by atoms with Gasteiger partial charge in [0.05, 0.1) is 0 Å². The fourth-order valence-electron chi connectivity index (χ4n) is 0.721. The van der Waals surface area contributed by atoms with Crippen molar-refractivity contribution < 1.29 is 0 Å². The molecule has 0 unspecified atom stereocenters. The SMILES string of the molecule is c1cccc[nH]cccnccc1. The van der Waals surface area contributed by atoms with E-state index in [9.17, 15) is 0 Å². The lowest BCUT2D eigenvalue weighted by Gasteiger charge is -1.68. The molecule has 13 heavy (non-hydrogen) atoms. The van der Waals surface area contributed by atoms with Gasteiger partial charge in [-0.15, -0.1) is 0 Å². The smallest absolute Gasteiger partial charge is 0.0282 e. The van der Waals surface area contributed by atoms with Crippen LogP contribution in [0.2, 0.25) is 0 Å². The van der Waals surface area contributed by atoms with Gasteiger partial charge in [0, 0.05) is 24.8 Å². The van der Waals surface area contributed by atoms with Crippen LogP contribution in [0.3, 0.4) is 0 Å². The number of H-pyrrole nitrogens is 1. The molecule has 0 aromatic carbocycles. The van der Waals surface area contributed by atoms with Crippen LogP contribution >= 0.6 is 0 Å². The second kappa shape index (κ2) is 6.85. The van der Waals surface area contributed by atoms with Crippen LogP contribution in [-0.4, -0.2) is 9.97 Å². The molecule has 0 spiro atoms. The molecule has 0 aliphatic rings. The Kier molecular flexibility index (Phi) is 4.88. The van der Waals surface area contributed by atoms with Crippen LogP contribution in [0.15, 0.2) is 67.3 Å². The summed E-state index contributed by atoms with van der Waals surface area (Å²) in [5.74, 6) is 0. The van der Waals surface area contributed by atoms with Crippen LogP contribution in [0.4, 0.5) is 0 Å². The summed E-state index contributed by atoms with van der Waals surface area (Å²) in [6.45, 7) is 0. The molecule has 0 saturated heterocycles. The minimum absolute atomic E-state index is 1.72. The standard InChI is InChI=1S/C11H12N2/c1-2-4-6-9-13-11-7-10-12-8-5-3-1/h1-12H. The Labute approximate surface area is 77.9 Å². The Morgan fingerprint density at radius 2 is 1.23 bits per heavy atom. The summed E-state index contributed by atoms with van der Waals surface area (Å²) in [5, 5.41) is 0. The molecule has 1 aromatic heterocycles. The van der Waals surface area contributed by atoms with Gasteiger partial charge in [-0.3, -0.25) is 4.98 Å². The van der Waals surface area contributed by atoms with Crippen molar-refractivity contribution in [3.63, 3.8) is 0 Å². The molecule has 0 fully saturated rings. The first kappa shape index (κ1) is 9.26. The highest BCUT2D eigenvalue weighted by atomic mass is 14.6. The fraction of sp³-hybridized carbons (Fsp3) is 0. The van der Waals surface area contributed by atoms with E-state index in [2.05, 4.69) is 9.97 Å². The van der Waals surface area contributed by atoms with Gasteiger partial charge < -0.3 is 4.98 Å². The Bertz CT molecular complexity index is 202. The van der Waals surface area contributed by atoms with Crippen molar-refractivity contribution in [2.24, 2.45) is 0 Å². The highest BCUT2D eigenvalue weighted by Crippen LogP contribution is 1.75. The molecule has 0 atom stereocenters. The van der Waals surface area contributed by atoms with Gasteiger partial charge in [0.15, 0.2) is 0 Å². The second-order valence-electron chi connectivity index (χ2n) is 2.29. The lowest BCUT2D eigenvalue weighted by atomic mass is 10.5. The number of nitrogens with one attached hydrogen (secondary N) is 1. The molecule has 0 saturated carbocycles. The quantitative estimate of drug-likeness (QED) is 0.640. The summed E-state index contributed by atoms with van der Waals surface area (Å²) in [5.41, 5.74) is 0. The maximum atomic E-state index is 4.00. The summed E-state index contributed by atoms with van der Waals surface area (Å²) in [6, 6.07) is 13.4. The van der Waals surface area contributed by atoms with Crippen molar-refractivity contribution in [3.05, 3.63) is 67.3 Å². The molecule has 1 N–H and O–H groups in total. The fourth-order valence-corrected chi connectivity index (χ4v) is 0.721. The zero-order chi connectivity index (χ0) is 9.19. The largest absolute Gasteiger partial charge is 0.368 e. The third-order valence-electron chi connectivity index (χ3n) is 1.28. The molecule has 1 aromatic rings. The van der Waals surface area contributed by atoms with Gasteiger partial charge in [-0.05, 0) is 18.2 Å². The maximum absolute atomic E-state index is 4.00. The van der Waals surface area contributed by atoms with E-state index in [1.165, 1.54) is 0 Å². The first-order valence-corrected chi connectivity index (χ1v) is 4.09. The monoisotopic (exact) mass is 172 g/mol. The molecule has 0 aliphatic heterocycles. The molecule has 1 rings (SSSR count). The number of hydrogen-bond donors (Lipinski definition) is 1. The van der Waals surface area contributed by atoms with E-state index >= 15 is 0 Å². The second-order valence-corrected chi connectivity index (χ2v) is 2.29. The van der Waals surface area contributed by atoms with Crippen molar-refractivity contribution in [1.29, 1.82) is 0 Å². The highest BCUT2D eigenvalue weighted by Gasteiger charge is 1.58. The van der Waals surface area contributed by atoms with Crippen LogP contribution in [-0.2, 0) is 0 Å². The van der Waals surface area contributed by atoms with Crippen molar-refractivity contribution >= 4 is 0 Å². The predicted molar refractivity (Wildman–Crippen MR) is 53.8 cm³/mol. The lowest BCUT2D eigenvalue weighted by Crippen LogP contribution is -1.57. The van der Waals surface area contributed by atoms with Crippen molar-refractivity contribution in [3.8, 4) is 0 Å². The molecule has 0 aliphatic carbocycles. The van der Waals surface area contributed by atoms with Crippen LogP contribution in [0, 0.1) is 0 Å². The topological polar surface area (TPSA) is 28.7 Å². The van der Waals surface area contributed by atoms with Gasteiger partial charge in [0.1, 0.15) is 0 Å². The molecule has 2 nitrogen and oxygen atoms in total. The molecular weight excluding hydrogens is 160 g/mol. The number of aromatic nitrogens is 2. The van der Waals surface area contributed by atoms with Crippen molar-refractivity contribution in [2.45, 2.75) is 0 Å². The van der Waals surface area contributed by atoms with E-state index in [-0.39, 0.29) is 0 Å². The van der Waals surface area contributed by atoms with Gasteiger partial charge in [-0.1, -0.05) is 24.3 Å². The third kappa shape index (κ3) is 5.44. The zero-order valence-corrected chi connectivity index (χ0v) is 7.30. The number of aromatic amines is 1. The minimum atomic E-state index is 1.72. The Morgan fingerprint density at radius 3 is 2.15 bits per heavy atom. The number of hydrogen-bond acceptors (Lipinski definition) is 1. The van der Waals surface area contributed by atoms with Gasteiger partial charge in [-0.25, -0.2) is 0 Å². The average molecular weight is 172 g/mol. The van der Waals surface area contributed by atoms with E-state index in [1.54, 1.807) is 12.4 Å². The normalized spacial score (nSPS) is 8.00. The van der Waals surface area contributed by atoms with Crippen molar-refractivity contribution in [1.82, 2.24) is 9.97 Å². The minimum Gasteiger partial charge on any atom is -0.368 e. The highest BCUT2D eigenvalue weighted by molar-refractivity contribution is 4.92. The first-order valence-electron chi connectivity index (χ1n) is 4.09. The van der Waals surface area contributed by atoms with E-state index in [1.807, 2.05) is 54.9 Å². The van der Waals surface area contributed by atoms with Crippen LogP contribution in [0.1, 0.15) is 0 Å². The van der Waals surface area contributed by atoms with Crippen molar-refractivity contribution in [2.75, 3.05) is 0 Å². The Balaban J connectivity index is 3.02. The third-order valence-corrected chi connectivity index (χ3v) is 1.28. The van der Waals surface area contributed by atoms with Gasteiger partial charge in [0.2, 0.25) is 0 Å².